The van der Waals surface area contributed by atoms with Crippen LogP contribution >= 0.6 is 0 Å². The third-order valence-electron chi connectivity index (χ3n) is 2.80. The molecule has 0 aromatic rings. The van der Waals surface area contributed by atoms with Crippen LogP contribution in [0.4, 0.5) is 0 Å². The first-order valence-electron chi connectivity index (χ1n) is 7.74. The van der Waals surface area contributed by atoms with Gasteiger partial charge in [-0.1, -0.05) is 31.2 Å². The number of rotatable bonds is 11. The number of ether oxygens (including phenoxy) is 1. The summed E-state index contributed by atoms with van der Waals surface area (Å²) < 4.78 is 5.78. The fourth-order valence-corrected chi connectivity index (χ4v) is 1.94. The third kappa shape index (κ3) is 13.4. The zero-order chi connectivity index (χ0) is 17.0. The molecule has 0 spiro atoms. The fourth-order valence-electron chi connectivity index (χ4n) is 1.94. The van der Waals surface area contributed by atoms with Crippen molar-refractivity contribution in [2.45, 2.75) is 45.1 Å². The Morgan fingerprint density at radius 1 is 1.14 bits per heavy atom. The Morgan fingerprint density at radius 2 is 1.77 bits per heavy atom. The first kappa shape index (κ1) is 20.4. The fraction of sp³-hybridized carbons (Fsp3) is 0.647. The van der Waals surface area contributed by atoms with Crippen molar-refractivity contribution < 1.29 is 23.9 Å². The summed E-state index contributed by atoms with van der Waals surface area (Å²) in [4.78, 5) is 22.5. The predicted molar refractivity (Wildman–Crippen MR) is 84.8 cm³/mol. The van der Waals surface area contributed by atoms with Gasteiger partial charge in [0, 0.05) is 18.8 Å². The van der Waals surface area contributed by atoms with Crippen LogP contribution in [0.2, 0.25) is 0 Å². The number of hydrogen-bond donors (Lipinski definition) is 0. The van der Waals surface area contributed by atoms with Crippen molar-refractivity contribution in [2.75, 3.05) is 27.7 Å². The van der Waals surface area contributed by atoms with E-state index in [-0.39, 0.29) is 18.8 Å². The average molecular weight is 311 g/mol. The van der Waals surface area contributed by atoms with Crippen molar-refractivity contribution >= 4 is 11.9 Å². The number of carboxylic acid groups (broad SMARTS) is 1. The van der Waals surface area contributed by atoms with E-state index in [2.05, 4.69) is 19.1 Å². The van der Waals surface area contributed by atoms with E-state index in [4.69, 9.17) is 4.74 Å². The highest BCUT2D eigenvalue weighted by Crippen LogP contribution is 2.07. The summed E-state index contributed by atoms with van der Waals surface area (Å²) in [5.74, 6) is -1.57. The van der Waals surface area contributed by atoms with Gasteiger partial charge in [0.25, 0.3) is 0 Å². The van der Waals surface area contributed by atoms with Crippen LogP contribution < -0.4 is 5.11 Å². The van der Waals surface area contributed by atoms with Gasteiger partial charge in [0.1, 0.15) is 6.54 Å². The van der Waals surface area contributed by atoms with Crippen molar-refractivity contribution in [2.24, 2.45) is 0 Å². The lowest BCUT2D eigenvalue weighted by molar-refractivity contribution is -0.873. The Balaban J connectivity index is 4.17. The molecule has 0 aliphatic rings. The van der Waals surface area contributed by atoms with E-state index in [1.165, 1.54) is 0 Å². The maximum atomic E-state index is 11.8. The maximum Gasteiger partial charge on any atom is 0.306 e. The minimum atomic E-state index is -1.20. The first-order chi connectivity index (χ1) is 10.2. The van der Waals surface area contributed by atoms with E-state index in [9.17, 15) is 14.7 Å². The van der Waals surface area contributed by atoms with Crippen molar-refractivity contribution in [3.63, 3.8) is 0 Å². The summed E-state index contributed by atoms with van der Waals surface area (Å²) in [5, 5.41) is 10.7. The molecular weight excluding hydrogens is 282 g/mol. The van der Waals surface area contributed by atoms with Crippen molar-refractivity contribution in [1.82, 2.24) is 0 Å². The van der Waals surface area contributed by atoms with Gasteiger partial charge in [0.2, 0.25) is 0 Å². The van der Waals surface area contributed by atoms with Crippen LogP contribution in [0.5, 0.6) is 0 Å². The zero-order valence-electron chi connectivity index (χ0n) is 14.2. The van der Waals surface area contributed by atoms with E-state index in [0.29, 0.717) is 17.4 Å². The molecule has 1 unspecified atom stereocenters. The number of likely N-dealkylation sites (N-methyl/N-ethyl adjacent to an activating group) is 1. The van der Waals surface area contributed by atoms with E-state index >= 15 is 0 Å². The number of carboxylic acids is 1. The highest BCUT2D eigenvalue weighted by Gasteiger charge is 2.22. The molecule has 5 nitrogen and oxygen atoms in total. The number of quaternary nitrogens is 1. The monoisotopic (exact) mass is 311 g/mol. The molecule has 0 fully saturated rings. The summed E-state index contributed by atoms with van der Waals surface area (Å²) in [5.41, 5.74) is 0. The third-order valence-corrected chi connectivity index (χ3v) is 2.80. The molecule has 0 N–H and O–H groups in total. The second kappa shape index (κ2) is 11.0. The molecule has 22 heavy (non-hydrogen) atoms. The van der Waals surface area contributed by atoms with Gasteiger partial charge < -0.3 is 19.1 Å². The molecule has 0 aromatic carbocycles. The van der Waals surface area contributed by atoms with Gasteiger partial charge in [0.05, 0.1) is 21.1 Å². The molecule has 126 valence electrons. The number of allylic oxidation sites excluding steroid dienone is 4. The minimum absolute atomic E-state index is 0.259. The van der Waals surface area contributed by atoms with Gasteiger partial charge >= 0.3 is 5.97 Å². The van der Waals surface area contributed by atoms with Crippen molar-refractivity contribution in [1.29, 1.82) is 0 Å². The number of nitrogens with zero attached hydrogens (tertiary/aromatic N) is 1. The first-order valence-corrected chi connectivity index (χ1v) is 7.74. The van der Waals surface area contributed by atoms with Crippen molar-refractivity contribution in [3.8, 4) is 0 Å². The molecule has 0 heterocycles. The normalized spacial score (nSPS) is 13.6. The van der Waals surface area contributed by atoms with Gasteiger partial charge in [-0.05, 0) is 19.3 Å². The van der Waals surface area contributed by atoms with Crippen LogP contribution in [0.15, 0.2) is 24.3 Å². The summed E-state index contributed by atoms with van der Waals surface area (Å²) in [6, 6.07) is 0. The Labute approximate surface area is 133 Å². The topological polar surface area (TPSA) is 66.4 Å². The molecule has 0 aromatic heterocycles. The number of aliphatic carboxylic acids is 1. The number of carbonyl (C=O) groups excluding carboxylic acids is 2. The van der Waals surface area contributed by atoms with Gasteiger partial charge in [-0.25, -0.2) is 0 Å². The number of carbonyl (C=O) groups is 2. The van der Waals surface area contributed by atoms with Crippen LogP contribution in [-0.2, 0) is 14.3 Å². The molecule has 0 saturated carbocycles. The molecular formula is C17H29NO4. The minimum Gasteiger partial charge on any atom is -0.550 e. The molecule has 0 saturated heterocycles. The lowest BCUT2D eigenvalue weighted by Crippen LogP contribution is -2.45. The molecule has 0 radical (unpaired) electrons. The van der Waals surface area contributed by atoms with E-state index in [1.807, 2.05) is 33.3 Å². The summed E-state index contributed by atoms with van der Waals surface area (Å²) >= 11 is 0. The van der Waals surface area contributed by atoms with Crippen LogP contribution in [0.3, 0.4) is 0 Å². The van der Waals surface area contributed by atoms with Gasteiger partial charge in [-0.15, -0.1) is 0 Å². The van der Waals surface area contributed by atoms with Crippen LogP contribution in [0.1, 0.15) is 39.0 Å². The van der Waals surface area contributed by atoms with Crippen LogP contribution in [0, 0.1) is 0 Å². The Morgan fingerprint density at radius 3 is 2.32 bits per heavy atom. The number of esters is 1. The molecule has 0 amide bonds. The lowest BCUT2D eigenvalue weighted by atomic mass is 10.2. The quantitative estimate of drug-likeness (QED) is 0.329. The Hall–Kier alpha value is -1.62. The zero-order valence-corrected chi connectivity index (χ0v) is 14.2. The second-order valence-corrected chi connectivity index (χ2v) is 6.29. The van der Waals surface area contributed by atoms with Crippen molar-refractivity contribution in [3.05, 3.63) is 24.3 Å². The highest BCUT2D eigenvalue weighted by atomic mass is 16.5. The van der Waals surface area contributed by atoms with Crippen LogP contribution in [-0.4, -0.2) is 50.2 Å². The summed E-state index contributed by atoms with van der Waals surface area (Å²) in [6.07, 6.45) is 9.94. The molecule has 1 atom stereocenters. The van der Waals surface area contributed by atoms with E-state index in [0.717, 1.165) is 12.8 Å². The van der Waals surface area contributed by atoms with E-state index in [1.54, 1.807) is 0 Å². The van der Waals surface area contributed by atoms with Gasteiger partial charge in [0.15, 0.2) is 6.10 Å². The lowest BCUT2D eigenvalue weighted by Gasteiger charge is -2.29. The van der Waals surface area contributed by atoms with Gasteiger partial charge in [-0.3, -0.25) is 4.79 Å². The van der Waals surface area contributed by atoms with Crippen LogP contribution in [0.25, 0.3) is 0 Å². The standard InChI is InChI=1S/C17H29NO4/c1-5-6-7-8-9-10-11-12-17(21)22-15(13-16(19)20)14-18(2,3)4/h6-7,9-10,15H,5,8,11-14H2,1-4H3/b7-6+,10-9+. The average Bonchev–Trinajstić information content (AvgIpc) is 2.34. The molecule has 0 aliphatic carbocycles. The van der Waals surface area contributed by atoms with Gasteiger partial charge in [-0.2, -0.15) is 0 Å². The molecule has 0 rings (SSSR count). The maximum absolute atomic E-state index is 11.8. The van der Waals surface area contributed by atoms with E-state index < -0.39 is 12.1 Å². The predicted octanol–water partition coefficient (Wildman–Crippen LogP) is 1.44. The molecule has 0 aliphatic heterocycles. The highest BCUT2D eigenvalue weighted by molar-refractivity contribution is 5.71. The summed E-state index contributed by atoms with van der Waals surface area (Å²) in [6.45, 7) is 2.52. The Bertz CT molecular complexity index is 394. The number of hydrogen-bond acceptors (Lipinski definition) is 4. The summed E-state index contributed by atoms with van der Waals surface area (Å²) in [7, 11) is 5.76. The molecule has 5 heteroatoms. The molecule has 0 bridgehead atoms. The SMILES string of the molecule is CC/C=C/C/C=C/CCC(=O)OC(CC(=O)[O-])C[N+](C)(C)C. The largest absolute Gasteiger partial charge is 0.550 e. The Kier molecular flexibility index (Phi) is 10.2. The second-order valence-electron chi connectivity index (χ2n) is 6.29. The smallest absolute Gasteiger partial charge is 0.306 e.